The van der Waals surface area contributed by atoms with Crippen LogP contribution < -0.4 is 4.52 Å². The third-order valence-electron chi connectivity index (χ3n) is 1.70. The molecule has 0 amide bonds. The molecule has 1 atom stereocenters. The highest BCUT2D eigenvalue weighted by molar-refractivity contribution is 7.48. The van der Waals surface area contributed by atoms with Crippen molar-refractivity contribution in [3.63, 3.8) is 0 Å². The summed E-state index contributed by atoms with van der Waals surface area (Å²) in [6, 6.07) is 1.23. The van der Waals surface area contributed by atoms with E-state index in [-0.39, 0.29) is 27.7 Å². The van der Waals surface area contributed by atoms with Gasteiger partial charge in [-0.1, -0.05) is 45.8 Å². The number of hydrogen-bond acceptors (Lipinski definition) is 6. The predicted octanol–water partition coefficient (Wildman–Crippen LogP) is 4.46. The second-order valence-corrected chi connectivity index (χ2v) is 5.82. The number of azide groups is 1. The molecule has 0 aliphatic heterocycles. The van der Waals surface area contributed by atoms with Crippen LogP contribution in [-0.2, 0) is 13.6 Å². The fraction of sp³-hybridized carbons (Fsp3) is 0.222. The van der Waals surface area contributed by atoms with Crippen LogP contribution in [0.1, 0.15) is 0 Å². The van der Waals surface area contributed by atoms with E-state index in [0.717, 1.165) is 0 Å². The number of phosphoric acid groups is 1. The van der Waals surface area contributed by atoms with Gasteiger partial charge in [-0.3, -0.25) is 9.05 Å². The Morgan fingerprint density at radius 3 is 2.76 bits per heavy atom. The SMILES string of the molecule is C#CCOP(=O)(OCN=[N+]=[N-])Oc1nc(Cl)c(Cl)cc1Cl. The molecule has 112 valence electrons. The molecule has 1 aromatic heterocycles. The Morgan fingerprint density at radius 1 is 1.43 bits per heavy atom. The van der Waals surface area contributed by atoms with Gasteiger partial charge in [-0.2, -0.15) is 4.98 Å². The van der Waals surface area contributed by atoms with E-state index in [1.54, 1.807) is 0 Å². The molecule has 0 N–H and O–H groups in total. The van der Waals surface area contributed by atoms with Crippen molar-refractivity contribution < 1.29 is 18.1 Å². The van der Waals surface area contributed by atoms with Crippen molar-refractivity contribution >= 4 is 42.6 Å². The van der Waals surface area contributed by atoms with Gasteiger partial charge in [0.25, 0.3) is 0 Å². The lowest BCUT2D eigenvalue weighted by molar-refractivity contribution is 0.171. The Balaban J connectivity index is 3.00. The highest BCUT2D eigenvalue weighted by Crippen LogP contribution is 2.50. The number of phosphoric ester groups is 1. The largest absolute Gasteiger partial charge is 0.532 e. The number of terminal acetylenes is 1. The first kappa shape index (κ1) is 17.9. The van der Waals surface area contributed by atoms with Gasteiger partial charge in [0.15, 0.2) is 5.15 Å². The summed E-state index contributed by atoms with van der Waals surface area (Å²) >= 11 is 17.2. The van der Waals surface area contributed by atoms with E-state index in [4.69, 9.17) is 60.3 Å². The van der Waals surface area contributed by atoms with Crippen LogP contribution in [0.15, 0.2) is 11.2 Å². The van der Waals surface area contributed by atoms with E-state index in [1.807, 2.05) is 0 Å². The quantitative estimate of drug-likeness (QED) is 0.176. The van der Waals surface area contributed by atoms with Crippen LogP contribution in [0.25, 0.3) is 10.4 Å². The first-order valence-electron chi connectivity index (χ1n) is 4.96. The molecule has 0 aromatic carbocycles. The summed E-state index contributed by atoms with van der Waals surface area (Å²) in [5, 5.41) is 2.89. The summed E-state index contributed by atoms with van der Waals surface area (Å²) in [6.07, 6.45) is 4.99. The Hall–Kier alpha value is -1.16. The zero-order valence-electron chi connectivity index (χ0n) is 10.1. The minimum atomic E-state index is -4.21. The molecule has 0 saturated heterocycles. The number of rotatable bonds is 7. The lowest BCUT2D eigenvalue weighted by Gasteiger charge is -2.16. The van der Waals surface area contributed by atoms with Gasteiger partial charge in [0, 0.05) is 4.91 Å². The summed E-state index contributed by atoms with van der Waals surface area (Å²) in [5.74, 6) is 1.74. The highest BCUT2D eigenvalue weighted by atomic mass is 35.5. The molecule has 0 fully saturated rings. The van der Waals surface area contributed by atoms with Crippen LogP contribution in [0.3, 0.4) is 0 Å². The predicted molar refractivity (Wildman–Crippen MR) is 77.4 cm³/mol. The standard InChI is InChI=1S/C9H6Cl3N4O4P/c1-2-3-18-21(17,19-5-14-16-13)20-9-7(11)4-6(10)8(12)15-9/h1,4H,3,5H2. The zero-order valence-corrected chi connectivity index (χ0v) is 13.2. The van der Waals surface area contributed by atoms with Crippen molar-refractivity contribution in [2.45, 2.75) is 0 Å². The lowest BCUT2D eigenvalue weighted by Crippen LogP contribution is -2.04. The molecular weight excluding hydrogens is 365 g/mol. The molecule has 1 aromatic rings. The third-order valence-corrected chi connectivity index (χ3v) is 3.91. The molecule has 12 heteroatoms. The second kappa shape index (κ2) is 8.32. The zero-order chi connectivity index (χ0) is 15.9. The van der Waals surface area contributed by atoms with Crippen molar-refractivity contribution in [2.75, 3.05) is 13.3 Å². The van der Waals surface area contributed by atoms with Gasteiger partial charge in [0.2, 0.25) is 5.88 Å². The minimum Gasteiger partial charge on any atom is -0.384 e. The van der Waals surface area contributed by atoms with E-state index >= 15 is 0 Å². The summed E-state index contributed by atoms with van der Waals surface area (Å²) in [6.45, 7) is -0.996. The van der Waals surface area contributed by atoms with E-state index in [2.05, 4.69) is 20.9 Å². The van der Waals surface area contributed by atoms with Crippen LogP contribution in [0.2, 0.25) is 15.2 Å². The molecule has 0 saturated carbocycles. The minimum absolute atomic E-state index is 0.0726. The number of pyridine rings is 1. The van der Waals surface area contributed by atoms with Crippen LogP contribution in [0, 0.1) is 12.3 Å². The maximum atomic E-state index is 12.2. The summed E-state index contributed by atoms with van der Waals surface area (Å²) in [5.41, 5.74) is 8.15. The molecule has 0 spiro atoms. The van der Waals surface area contributed by atoms with E-state index in [0.29, 0.717) is 0 Å². The first-order valence-corrected chi connectivity index (χ1v) is 7.56. The van der Waals surface area contributed by atoms with Crippen LogP contribution in [0.4, 0.5) is 0 Å². The molecule has 21 heavy (non-hydrogen) atoms. The highest BCUT2D eigenvalue weighted by Gasteiger charge is 2.30. The molecule has 1 unspecified atom stereocenters. The molecular formula is C9H6Cl3N4O4P. The molecule has 8 nitrogen and oxygen atoms in total. The van der Waals surface area contributed by atoms with Gasteiger partial charge in [-0.25, -0.2) is 4.57 Å². The van der Waals surface area contributed by atoms with Crippen molar-refractivity contribution in [3.8, 4) is 18.2 Å². The molecule has 1 rings (SSSR count). The topological polar surface area (TPSA) is 106 Å². The number of halogens is 3. The maximum Gasteiger partial charge on any atom is 0.532 e. The Kier molecular flexibility index (Phi) is 7.09. The average molecular weight is 372 g/mol. The van der Waals surface area contributed by atoms with Crippen molar-refractivity contribution in [1.82, 2.24) is 4.98 Å². The Morgan fingerprint density at radius 2 is 2.14 bits per heavy atom. The fourth-order valence-corrected chi connectivity index (χ4v) is 2.47. The third kappa shape index (κ3) is 5.62. The van der Waals surface area contributed by atoms with Crippen LogP contribution in [-0.4, -0.2) is 18.3 Å². The second-order valence-electron chi connectivity index (χ2n) is 3.05. The van der Waals surface area contributed by atoms with E-state index in [9.17, 15) is 4.57 Å². The molecule has 0 aliphatic carbocycles. The van der Waals surface area contributed by atoms with Crippen molar-refractivity contribution in [3.05, 3.63) is 31.7 Å². The number of hydrogen-bond donors (Lipinski definition) is 0. The normalized spacial score (nSPS) is 12.9. The molecule has 0 aliphatic rings. The number of nitrogens with zero attached hydrogens (tertiary/aromatic N) is 4. The smallest absolute Gasteiger partial charge is 0.384 e. The van der Waals surface area contributed by atoms with Crippen LogP contribution in [0.5, 0.6) is 5.88 Å². The molecule has 1 heterocycles. The average Bonchev–Trinajstić information content (AvgIpc) is 2.43. The van der Waals surface area contributed by atoms with Crippen LogP contribution >= 0.6 is 42.6 Å². The number of aromatic nitrogens is 1. The molecule has 0 radical (unpaired) electrons. The first-order chi connectivity index (χ1) is 9.91. The Bertz CT molecular complexity index is 659. The van der Waals surface area contributed by atoms with E-state index in [1.165, 1.54) is 6.07 Å². The Labute approximate surface area is 134 Å². The van der Waals surface area contributed by atoms with E-state index < -0.39 is 14.6 Å². The van der Waals surface area contributed by atoms with Gasteiger partial charge in [-0.15, -0.1) is 6.42 Å². The van der Waals surface area contributed by atoms with Gasteiger partial charge in [0.05, 0.1) is 5.02 Å². The molecule has 0 bridgehead atoms. The van der Waals surface area contributed by atoms with Gasteiger partial charge in [0.1, 0.15) is 18.4 Å². The maximum absolute atomic E-state index is 12.2. The van der Waals surface area contributed by atoms with Crippen molar-refractivity contribution in [1.29, 1.82) is 0 Å². The lowest BCUT2D eigenvalue weighted by atomic mass is 10.5. The van der Waals surface area contributed by atoms with Gasteiger partial charge >= 0.3 is 7.82 Å². The summed E-state index contributed by atoms with van der Waals surface area (Å²) in [4.78, 5) is 6.10. The summed E-state index contributed by atoms with van der Waals surface area (Å²) < 4.78 is 26.7. The fourth-order valence-electron chi connectivity index (χ4n) is 0.927. The monoisotopic (exact) mass is 370 g/mol. The summed E-state index contributed by atoms with van der Waals surface area (Å²) in [7, 11) is -4.21. The van der Waals surface area contributed by atoms with Gasteiger partial charge < -0.3 is 4.52 Å². The van der Waals surface area contributed by atoms with Crippen molar-refractivity contribution in [2.24, 2.45) is 5.11 Å². The van der Waals surface area contributed by atoms with Gasteiger partial charge in [-0.05, 0) is 11.6 Å².